The van der Waals surface area contributed by atoms with Gasteiger partial charge >= 0.3 is 0 Å². The van der Waals surface area contributed by atoms with E-state index in [9.17, 15) is 0 Å². The lowest BCUT2D eigenvalue weighted by atomic mass is 10.0. The highest BCUT2D eigenvalue weighted by Gasteiger charge is 2.21. The van der Waals surface area contributed by atoms with E-state index in [1.165, 1.54) is 0 Å². The van der Waals surface area contributed by atoms with Gasteiger partial charge in [0.15, 0.2) is 0 Å². The topological polar surface area (TPSA) is 30.5 Å². The van der Waals surface area contributed by atoms with Gasteiger partial charge in [-0.2, -0.15) is 0 Å². The second kappa shape index (κ2) is 5.60. The van der Waals surface area contributed by atoms with E-state index in [4.69, 9.17) is 9.47 Å². The van der Waals surface area contributed by atoms with Gasteiger partial charge in [0.05, 0.1) is 20.3 Å². The van der Waals surface area contributed by atoms with Gasteiger partial charge in [0, 0.05) is 18.0 Å². The van der Waals surface area contributed by atoms with Crippen molar-refractivity contribution in [2.24, 2.45) is 0 Å². The van der Waals surface area contributed by atoms with Crippen LogP contribution in [0.5, 0.6) is 11.5 Å². The molecule has 2 rings (SSSR count). The molecule has 0 radical (unpaired) electrons. The number of hydrogen-bond donors (Lipinski definition) is 1. The Kier molecular flexibility index (Phi) is 3.89. The minimum Gasteiger partial charge on any atom is -0.497 e. The zero-order valence-corrected chi connectivity index (χ0v) is 10.2. The van der Waals surface area contributed by atoms with Crippen LogP contribution < -0.4 is 14.8 Å². The highest BCUT2D eigenvalue weighted by Crippen LogP contribution is 2.34. The Balaban J connectivity index is 2.18. The largest absolute Gasteiger partial charge is 0.497 e. The van der Waals surface area contributed by atoms with Gasteiger partial charge < -0.3 is 9.47 Å². The predicted octanol–water partition coefficient (Wildman–Crippen LogP) is 2.13. The van der Waals surface area contributed by atoms with Crippen LogP contribution in [0, 0.1) is 11.8 Å². The summed E-state index contributed by atoms with van der Waals surface area (Å²) in [5, 5.41) is 3.42. The molecule has 0 saturated carbocycles. The summed E-state index contributed by atoms with van der Waals surface area (Å²) < 4.78 is 10.9. The fraction of sp³-hybridized carbons (Fsp3) is 0.429. The van der Waals surface area contributed by atoms with E-state index in [2.05, 4.69) is 17.2 Å². The zero-order chi connectivity index (χ0) is 12.1. The fourth-order valence-corrected chi connectivity index (χ4v) is 1.97. The summed E-state index contributed by atoms with van der Waals surface area (Å²) in [5.74, 6) is 7.71. The summed E-state index contributed by atoms with van der Waals surface area (Å²) in [6.07, 6.45) is 0.964. The van der Waals surface area contributed by atoms with Crippen LogP contribution in [0.15, 0.2) is 18.2 Å². The van der Waals surface area contributed by atoms with Gasteiger partial charge in [0.25, 0.3) is 0 Å². The standard InChI is InChI=1S/C14H17NO2/c1-3-4-8-15-13-7-9-17-14-6-5-11(16-2)10-12(13)14/h5-6,10,13,15H,7-9H2,1-2H3. The van der Waals surface area contributed by atoms with Crippen LogP contribution in [0.1, 0.15) is 24.9 Å². The zero-order valence-electron chi connectivity index (χ0n) is 10.2. The normalized spacial score (nSPS) is 17.4. The molecule has 90 valence electrons. The average Bonchev–Trinajstić information content (AvgIpc) is 2.39. The summed E-state index contributed by atoms with van der Waals surface area (Å²) in [4.78, 5) is 0. The fourth-order valence-electron chi connectivity index (χ4n) is 1.97. The third-order valence-electron chi connectivity index (χ3n) is 2.87. The first-order chi connectivity index (χ1) is 8.35. The second-order valence-electron chi connectivity index (χ2n) is 3.90. The van der Waals surface area contributed by atoms with Crippen LogP contribution in [-0.4, -0.2) is 20.3 Å². The number of rotatable bonds is 3. The molecule has 17 heavy (non-hydrogen) atoms. The van der Waals surface area contributed by atoms with Crippen molar-refractivity contribution in [2.75, 3.05) is 20.3 Å². The van der Waals surface area contributed by atoms with Crippen molar-refractivity contribution >= 4 is 0 Å². The Hall–Kier alpha value is -1.66. The Bertz CT molecular complexity index is 445. The highest BCUT2D eigenvalue weighted by atomic mass is 16.5. The molecular formula is C14H17NO2. The number of benzene rings is 1. The quantitative estimate of drug-likeness (QED) is 0.808. The van der Waals surface area contributed by atoms with Gasteiger partial charge in [-0.05, 0) is 25.1 Å². The van der Waals surface area contributed by atoms with E-state index in [1.807, 2.05) is 25.1 Å². The SMILES string of the molecule is CC#CCNC1CCOc2ccc(OC)cc21. The molecule has 1 aliphatic rings. The van der Waals surface area contributed by atoms with Gasteiger partial charge in [0.2, 0.25) is 0 Å². The summed E-state index contributed by atoms with van der Waals surface area (Å²) in [6.45, 7) is 3.30. The summed E-state index contributed by atoms with van der Waals surface area (Å²) >= 11 is 0. The van der Waals surface area contributed by atoms with Crippen LogP contribution in [-0.2, 0) is 0 Å². The first kappa shape index (κ1) is 11.8. The molecule has 1 atom stereocenters. The maximum Gasteiger partial charge on any atom is 0.124 e. The number of nitrogens with one attached hydrogen (secondary N) is 1. The first-order valence-electron chi connectivity index (χ1n) is 5.79. The molecule has 0 saturated heterocycles. The maximum absolute atomic E-state index is 5.63. The Morgan fingerprint density at radius 2 is 2.41 bits per heavy atom. The number of methoxy groups -OCH3 is 1. The van der Waals surface area contributed by atoms with E-state index in [1.54, 1.807) is 7.11 Å². The van der Waals surface area contributed by atoms with E-state index in [0.717, 1.165) is 30.1 Å². The molecule has 0 aromatic heterocycles. The van der Waals surface area contributed by atoms with Crippen molar-refractivity contribution in [1.82, 2.24) is 5.32 Å². The molecular weight excluding hydrogens is 214 g/mol. The van der Waals surface area contributed by atoms with Crippen molar-refractivity contribution in [3.8, 4) is 23.3 Å². The smallest absolute Gasteiger partial charge is 0.124 e. The van der Waals surface area contributed by atoms with Crippen molar-refractivity contribution in [1.29, 1.82) is 0 Å². The molecule has 1 unspecified atom stereocenters. The minimum atomic E-state index is 0.301. The molecule has 0 amide bonds. The lowest BCUT2D eigenvalue weighted by Gasteiger charge is -2.26. The van der Waals surface area contributed by atoms with Gasteiger partial charge in [-0.25, -0.2) is 0 Å². The molecule has 0 spiro atoms. The molecule has 0 fully saturated rings. The molecule has 1 aromatic rings. The molecule has 1 heterocycles. The number of fused-ring (bicyclic) bond motifs is 1. The first-order valence-corrected chi connectivity index (χ1v) is 5.79. The lowest BCUT2D eigenvalue weighted by molar-refractivity contribution is 0.254. The van der Waals surface area contributed by atoms with Gasteiger partial charge in [-0.1, -0.05) is 5.92 Å². The third kappa shape index (κ3) is 2.72. The summed E-state index contributed by atoms with van der Waals surface area (Å²) in [7, 11) is 1.68. The van der Waals surface area contributed by atoms with Crippen LogP contribution in [0.25, 0.3) is 0 Å². The van der Waals surface area contributed by atoms with Crippen LogP contribution in [0.3, 0.4) is 0 Å². The van der Waals surface area contributed by atoms with Gasteiger partial charge in [-0.3, -0.25) is 5.32 Å². The molecule has 3 heteroatoms. The molecule has 0 aliphatic carbocycles. The van der Waals surface area contributed by atoms with Gasteiger partial charge in [-0.15, -0.1) is 5.92 Å². The molecule has 1 N–H and O–H groups in total. The van der Waals surface area contributed by atoms with E-state index >= 15 is 0 Å². The average molecular weight is 231 g/mol. The van der Waals surface area contributed by atoms with Crippen molar-refractivity contribution < 1.29 is 9.47 Å². The van der Waals surface area contributed by atoms with Crippen molar-refractivity contribution in [3.63, 3.8) is 0 Å². The van der Waals surface area contributed by atoms with Crippen LogP contribution in [0.2, 0.25) is 0 Å². The molecule has 3 nitrogen and oxygen atoms in total. The predicted molar refractivity (Wildman–Crippen MR) is 67.3 cm³/mol. The van der Waals surface area contributed by atoms with Crippen molar-refractivity contribution in [2.45, 2.75) is 19.4 Å². The Morgan fingerprint density at radius 3 is 3.18 bits per heavy atom. The van der Waals surface area contributed by atoms with Crippen LogP contribution in [0.4, 0.5) is 0 Å². The maximum atomic E-state index is 5.63. The van der Waals surface area contributed by atoms with E-state index < -0.39 is 0 Å². The molecule has 1 aromatic carbocycles. The summed E-state index contributed by atoms with van der Waals surface area (Å²) in [6, 6.07) is 6.22. The molecule has 1 aliphatic heterocycles. The Morgan fingerprint density at radius 1 is 1.53 bits per heavy atom. The monoisotopic (exact) mass is 231 g/mol. The van der Waals surface area contributed by atoms with Gasteiger partial charge in [0.1, 0.15) is 11.5 Å². The van der Waals surface area contributed by atoms with Crippen LogP contribution >= 0.6 is 0 Å². The molecule has 0 bridgehead atoms. The van der Waals surface area contributed by atoms with Crippen molar-refractivity contribution in [3.05, 3.63) is 23.8 Å². The lowest BCUT2D eigenvalue weighted by Crippen LogP contribution is -2.27. The van der Waals surface area contributed by atoms with E-state index in [-0.39, 0.29) is 0 Å². The minimum absolute atomic E-state index is 0.301. The Labute approximate surface area is 102 Å². The summed E-state index contributed by atoms with van der Waals surface area (Å²) in [5.41, 5.74) is 1.16. The number of hydrogen-bond acceptors (Lipinski definition) is 3. The number of ether oxygens (including phenoxy) is 2. The van der Waals surface area contributed by atoms with E-state index in [0.29, 0.717) is 12.6 Å². The third-order valence-corrected chi connectivity index (χ3v) is 2.87. The second-order valence-corrected chi connectivity index (χ2v) is 3.90. The highest BCUT2D eigenvalue weighted by molar-refractivity contribution is 5.43.